The van der Waals surface area contributed by atoms with E-state index in [9.17, 15) is 4.79 Å². The summed E-state index contributed by atoms with van der Waals surface area (Å²) in [5, 5.41) is 8.43. The average molecular weight is 291 g/mol. The minimum atomic E-state index is -0.0241. The number of aromatic amines is 2. The molecule has 0 fully saturated rings. The molecule has 2 N–H and O–H groups in total. The van der Waals surface area contributed by atoms with Crippen LogP contribution >= 0.6 is 0 Å². The molecule has 2 aromatic carbocycles. The lowest BCUT2D eigenvalue weighted by molar-refractivity contribution is 0.415. The van der Waals surface area contributed by atoms with Crippen molar-refractivity contribution in [2.24, 2.45) is 0 Å². The second-order valence-electron chi connectivity index (χ2n) is 5.05. The molecule has 0 aliphatic heterocycles. The highest BCUT2D eigenvalue weighted by atomic mass is 16.5. The number of nitrogens with one attached hydrogen (secondary N) is 2. The van der Waals surface area contributed by atoms with E-state index in [0.29, 0.717) is 22.1 Å². The van der Waals surface area contributed by atoms with Crippen LogP contribution < -0.4 is 10.2 Å². The van der Waals surface area contributed by atoms with Crippen LogP contribution in [0.4, 0.5) is 0 Å². The number of para-hydroxylation sites is 1. The molecule has 22 heavy (non-hydrogen) atoms. The van der Waals surface area contributed by atoms with Gasteiger partial charge in [0.1, 0.15) is 5.75 Å². The van der Waals surface area contributed by atoms with Crippen molar-refractivity contribution in [2.75, 3.05) is 7.11 Å². The van der Waals surface area contributed by atoms with Gasteiger partial charge in [-0.1, -0.05) is 12.1 Å². The molecule has 0 aliphatic rings. The molecule has 2 heterocycles. The Balaban J connectivity index is 2.02. The maximum absolute atomic E-state index is 12.8. The zero-order valence-electron chi connectivity index (χ0n) is 11.9. The summed E-state index contributed by atoms with van der Waals surface area (Å²) in [5.74, 6) is 0.770. The molecule has 0 unspecified atom stereocenters. The van der Waals surface area contributed by atoms with Crippen molar-refractivity contribution in [3.8, 4) is 17.0 Å². The van der Waals surface area contributed by atoms with Crippen molar-refractivity contribution in [2.45, 2.75) is 0 Å². The van der Waals surface area contributed by atoms with Crippen LogP contribution in [0.2, 0.25) is 0 Å². The molecule has 0 radical (unpaired) electrons. The normalized spacial score (nSPS) is 11.1. The highest BCUT2D eigenvalue weighted by molar-refractivity contribution is 5.98. The lowest BCUT2D eigenvalue weighted by Gasteiger charge is -2.02. The second kappa shape index (κ2) is 4.73. The monoisotopic (exact) mass is 291 g/mol. The SMILES string of the molecule is COc1ccc(-c2[nH]nc3[nH]c4ccccc4c(=O)c23)cc1. The fourth-order valence-corrected chi connectivity index (χ4v) is 2.67. The minimum absolute atomic E-state index is 0.0241. The van der Waals surface area contributed by atoms with E-state index in [0.717, 1.165) is 16.8 Å². The molecule has 0 aliphatic carbocycles. The van der Waals surface area contributed by atoms with E-state index >= 15 is 0 Å². The molecule has 0 amide bonds. The van der Waals surface area contributed by atoms with Crippen LogP contribution in [0.5, 0.6) is 5.75 Å². The van der Waals surface area contributed by atoms with Gasteiger partial charge in [-0.05, 0) is 36.4 Å². The fourth-order valence-electron chi connectivity index (χ4n) is 2.67. The Hall–Kier alpha value is -3.08. The molecule has 4 rings (SSSR count). The highest BCUT2D eigenvalue weighted by Crippen LogP contribution is 2.26. The van der Waals surface area contributed by atoms with Crippen molar-refractivity contribution in [3.63, 3.8) is 0 Å². The van der Waals surface area contributed by atoms with Crippen molar-refractivity contribution in [3.05, 3.63) is 58.8 Å². The van der Waals surface area contributed by atoms with Gasteiger partial charge in [0, 0.05) is 10.9 Å². The molecule has 5 nitrogen and oxygen atoms in total. The Morgan fingerprint density at radius 3 is 2.59 bits per heavy atom. The van der Waals surface area contributed by atoms with E-state index in [1.54, 1.807) is 7.11 Å². The first-order chi connectivity index (χ1) is 10.8. The van der Waals surface area contributed by atoms with Crippen molar-refractivity contribution in [1.82, 2.24) is 15.2 Å². The van der Waals surface area contributed by atoms with Crippen molar-refractivity contribution in [1.29, 1.82) is 0 Å². The van der Waals surface area contributed by atoms with Crippen LogP contribution in [-0.4, -0.2) is 22.3 Å². The van der Waals surface area contributed by atoms with Gasteiger partial charge in [-0.15, -0.1) is 0 Å². The minimum Gasteiger partial charge on any atom is -0.497 e. The van der Waals surface area contributed by atoms with Gasteiger partial charge >= 0.3 is 0 Å². The Morgan fingerprint density at radius 1 is 1.05 bits per heavy atom. The standard InChI is InChI=1S/C17H13N3O2/c1-22-11-8-6-10(7-9-11)15-14-16(21)12-4-2-3-5-13(12)18-17(14)20-19-15/h2-9H,1H3,(H2,18,19,20,21). The van der Waals surface area contributed by atoms with E-state index in [1.165, 1.54) is 0 Å². The molecular formula is C17H13N3O2. The van der Waals surface area contributed by atoms with Crippen LogP contribution in [-0.2, 0) is 0 Å². The topological polar surface area (TPSA) is 70.8 Å². The lowest BCUT2D eigenvalue weighted by Crippen LogP contribution is -2.03. The Kier molecular flexibility index (Phi) is 2.72. The average Bonchev–Trinajstić information content (AvgIpc) is 2.99. The summed E-state index contributed by atoms with van der Waals surface area (Å²) in [6.07, 6.45) is 0. The summed E-state index contributed by atoms with van der Waals surface area (Å²) in [5.41, 5.74) is 2.93. The largest absolute Gasteiger partial charge is 0.497 e. The number of ether oxygens (including phenoxy) is 1. The molecule has 2 aromatic heterocycles. The van der Waals surface area contributed by atoms with E-state index in [2.05, 4.69) is 15.2 Å². The number of hydrogen-bond acceptors (Lipinski definition) is 3. The number of benzene rings is 2. The first-order valence-electron chi connectivity index (χ1n) is 6.91. The van der Waals surface area contributed by atoms with Gasteiger partial charge in [0.25, 0.3) is 0 Å². The van der Waals surface area contributed by atoms with Gasteiger partial charge in [-0.3, -0.25) is 9.89 Å². The Morgan fingerprint density at radius 2 is 1.82 bits per heavy atom. The molecule has 108 valence electrons. The van der Waals surface area contributed by atoms with Crippen molar-refractivity contribution >= 4 is 21.9 Å². The zero-order valence-corrected chi connectivity index (χ0v) is 11.9. The summed E-state index contributed by atoms with van der Waals surface area (Å²) in [6, 6.07) is 15.0. The molecule has 0 bridgehead atoms. The van der Waals surface area contributed by atoms with Crippen LogP contribution in [0.25, 0.3) is 33.2 Å². The maximum atomic E-state index is 12.8. The Bertz CT molecular complexity index is 1030. The van der Waals surface area contributed by atoms with Crippen molar-refractivity contribution < 1.29 is 4.74 Å². The maximum Gasteiger partial charge on any atom is 0.201 e. The third-order valence-electron chi connectivity index (χ3n) is 3.80. The number of pyridine rings is 1. The Labute approximate surface area is 125 Å². The van der Waals surface area contributed by atoms with Crippen LogP contribution in [0.1, 0.15) is 0 Å². The van der Waals surface area contributed by atoms with E-state index in [4.69, 9.17) is 4.74 Å². The first-order valence-corrected chi connectivity index (χ1v) is 6.91. The number of nitrogens with zero attached hydrogens (tertiary/aromatic N) is 1. The molecule has 5 heteroatoms. The summed E-state index contributed by atoms with van der Waals surface area (Å²) in [6.45, 7) is 0. The number of methoxy groups -OCH3 is 1. The smallest absolute Gasteiger partial charge is 0.201 e. The van der Waals surface area contributed by atoms with Crippen LogP contribution in [0.3, 0.4) is 0 Å². The third-order valence-corrected chi connectivity index (χ3v) is 3.80. The van der Waals surface area contributed by atoms with Gasteiger partial charge in [0.05, 0.1) is 23.7 Å². The quantitative estimate of drug-likeness (QED) is 0.596. The molecule has 0 saturated heterocycles. The summed E-state index contributed by atoms with van der Waals surface area (Å²) in [7, 11) is 1.62. The molecule has 4 aromatic rings. The van der Waals surface area contributed by atoms with Gasteiger partial charge in [-0.2, -0.15) is 5.10 Å². The summed E-state index contributed by atoms with van der Waals surface area (Å²) in [4.78, 5) is 16.0. The number of H-pyrrole nitrogens is 2. The molecule has 0 saturated carbocycles. The van der Waals surface area contributed by atoms with Gasteiger partial charge < -0.3 is 9.72 Å². The van der Waals surface area contributed by atoms with E-state index < -0.39 is 0 Å². The third kappa shape index (κ3) is 1.79. The van der Waals surface area contributed by atoms with Gasteiger partial charge in [-0.25, -0.2) is 0 Å². The summed E-state index contributed by atoms with van der Waals surface area (Å²) >= 11 is 0. The zero-order chi connectivity index (χ0) is 15.1. The predicted molar refractivity (Wildman–Crippen MR) is 86.2 cm³/mol. The molecule has 0 spiro atoms. The molecule has 0 atom stereocenters. The molecular weight excluding hydrogens is 278 g/mol. The van der Waals surface area contributed by atoms with Crippen LogP contribution in [0.15, 0.2) is 53.3 Å². The number of fused-ring (bicyclic) bond motifs is 2. The fraction of sp³-hybridized carbons (Fsp3) is 0.0588. The van der Waals surface area contributed by atoms with E-state index in [-0.39, 0.29) is 5.43 Å². The van der Waals surface area contributed by atoms with Crippen LogP contribution in [0, 0.1) is 0 Å². The second-order valence-corrected chi connectivity index (χ2v) is 5.05. The van der Waals surface area contributed by atoms with Gasteiger partial charge in [0.15, 0.2) is 5.65 Å². The number of aromatic nitrogens is 3. The van der Waals surface area contributed by atoms with Gasteiger partial charge in [0.2, 0.25) is 5.43 Å². The van der Waals surface area contributed by atoms with E-state index in [1.807, 2.05) is 48.5 Å². The number of hydrogen-bond donors (Lipinski definition) is 2. The predicted octanol–water partition coefficient (Wildman–Crippen LogP) is 3.08. The first kappa shape index (κ1) is 12.6. The summed E-state index contributed by atoms with van der Waals surface area (Å²) < 4.78 is 5.16. The lowest BCUT2D eigenvalue weighted by atomic mass is 10.1. The highest BCUT2D eigenvalue weighted by Gasteiger charge is 2.14. The number of rotatable bonds is 2.